The number of benzene rings is 1. The van der Waals surface area contributed by atoms with E-state index in [1.54, 1.807) is 12.1 Å². The zero-order valence-electron chi connectivity index (χ0n) is 9.38. The Balaban J connectivity index is 0.00000162. The molecule has 1 aromatic rings. The highest BCUT2D eigenvalue weighted by Crippen LogP contribution is 2.22. The van der Waals surface area contributed by atoms with Crippen LogP contribution in [0.4, 0.5) is 0 Å². The largest absolute Gasteiger partial charge is 0.411 e. The van der Waals surface area contributed by atoms with Crippen LogP contribution in [-0.2, 0) is 6.54 Å². The average Bonchev–Trinajstić information content (AvgIpc) is 2.71. The molecule has 18 heavy (non-hydrogen) atoms. The van der Waals surface area contributed by atoms with Gasteiger partial charge < -0.3 is 10.1 Å². The van der Waals surface area contributed by atoms with E-state index in [1.165, 1.54) is 6.21 Å². The predicted molar refractivity (Wildman–Crippen MR) is 76.7 cm³/mol. The molecule has 0 atom stereocenters. The van der Waals surface area contributed by atoms with Gasteiger partial charge in [0.15, 0.2) is 0 Å². The van der Waals surface area contributed by atoms with E-state index in [2.05, 4.69) is 10.1 Å². The van der Waals surface area contributed by atoms with E-state index in [-0.39, 0.29) is 12.4 Å². The van der Waals surface area contributed by atoms with Gasteiger partial charge in [0, 0.05) is 23.1 Å². The van der Waals surface area contributed by atoms with Gasteiger partial charge in [0.1, 0.15) is 12.1 Å². The van der Waals surface area contributed by atoms with Crippen molar-refractivity contribution < 1.29 is 5.21 Å². The van der Waals surface area contributed by atoms with Crippen molar-refractivity contribution in [2.24, 2.45) is 10.1 Å². The number of hydrogen-bond acceptors (Lipinski definition) is 4. The highest BCUT2D eigenvalue weighted by molar-refractivity contribution is 6.35. The van der Waals surface area contributed by atoms with E-state index in [9.17, 15) is 0 Å². The van der Waals surface area contributed by atoms with Crippen molar-refractivity contribution in [1.82, 2.24) is 4.90 Å². The molecule has 1 N–H and O–H groups in total. The quantitative estimate of drug-likeness (QED) is 0.530. The second-order valence-corrected chi connectivity index (χ2v) is 4.49. The van der Waals surface area contributed by atoms with Gasteiger partial charge in [0.25, 0.3) is 0 Å². The van der Waals surface area contributed by atoms with Crippen molar-refractivity contribution in [3.8, 4) is 0 Å². The van der Waals surface area contributed by atoms with Crippen molar-refractivity contribution in [3.05, 3.63) is 33.8 Å². The van der Waals surface area contributed by atoms with Gasteiger partial charge in [-0.1, -0.05) is 34.4 Å². The fraction of sp³-hybridized carbons (Fsp3) is 0.273. The summed E-state index contributed by atoms with van der Waals surface area (Å²) in [6.07, 6.45) is 1.33. The first-order chi connectivity index (χ1) is 8.20. The molecule has 0 amide bonds. The molecule has 7 heteroatoms. The fourth-order valence-corrected chi connectivity index (χ4v) is 2.16. The average molecular weight is 309 g/mol. The van der Waals surface area contributed by atoms with Crippen LogP contribution in [0.25, 0.3) is 0 Å². The second kappa shape index (κ2) is 6.83. The normalized spacial score (nSPS) is 14.8. The van der Waals surface area contributed by atoms with Crippen molar-refractivity contribution in [1.29, 1.82) is 0 Å². The van der Waals surface area contributed by atoms with Crippen LogP contribution in [0.1, 0.15) is 5.56 Å². The summed E-state index contributed by atoms with van der Waals surface area (Å²) in [5, 5.41) is 12.8. The molecule has 0 aliphatic carbocycles. The predicted octanol–water partition coefficient (Wildman–Crippen LogP) is 3.09. The first-order valence-electron chi connectivity index (χ1n) is 5.11. The lowest BCUT2D eigenvalue weighted by Crippen LogP contribution is -2.28. The second-order valence-electron chi connectivity index (χ2n) is 3.64. The van der Waals surface area contributed by atoms with Gasteiger partial charge in [-0.3, -0.25) is 4.99 Å². The standard InChI is InChI=1S/C11H11Cl2N3O.ClH/c12-9-2-1-8(10(13)5-9)7-16-4-3-14-11(16)6-15-17;/h1-2,5-6,17H,3-4,7H2;1H/b15-6+;. The number of nitrogens with zero attached hydrogens (tertiary/aromatic N) is 3. The number of halogens is 3. The summed E-state index contributed by atoms with van der Waals surface area (Å²) in [6, 6.07) is 5.40. The molecule has 0 fully saturated rings. The minimum Gasteiger partial charge on any atom is -0.411 e. The van der Waals surface area contributed by atoms with Crippen LogP contribution in [-0.4, -0.2) is 35.2 Å². The van der Waals surface area contributed by atoms with Crippen LogP contribution in [0.15, 0.2) is 28.3 Å². The lowest BCUT2D eigenvalue weighted by atomic mass is 10.2. The molecule has 4 nitrogen and oxygen atoms in total. The van der Waals surface area contributed by atoms with Gasteiger partial charge in [-0.05, 0) is 17.7 Å². The van der Waals surface area contributed by atoms with E-state index in [0.717, 1.165) is 12.1 Å². The Morgan fingerprint density at radius 1 is 1.44 bits per heavy atom. The van der Waals surface area contributed by atoms with E-state index in [4.69, 9.17) is 28.4 Å². The van der Waals surface area contributed by atoms with Gasteiger partial charge in [-0.2, -0.15) is 0 Å². The Bertz CT molecular complexity index is 477. The van der Waals surface area contributed by atoms with Gasteiger partial charge in [-0.15, -0.1) is 12.4 Å². The van der Waals surface area contributed by atoms with Crippen molar-refractivity contribution in [3.63, 3.8) is 0 Å². The number of amidine groups is 1. The minimum atomic E-state index is 0. The lowest BCUT2D eigenvalue weighted by Gasteiger charge is -2.18. The van der Waals surface area contributed by atoms with E-state index in [0.29, 0.717) is 29.0 Å². The summed E-state index contributed by atoms with van der Waals surface area (Å²) < 4.78 is 0. The van der Waals surface area contributed by atoms with E-state index in [1.807, 2.05) is 11.0 Å². The summed E-state index contributed by atoms with van der Waals surface area (Å²) in [7, 11) is 0. The molecule has 0 aromatic heterocycles. The Morgan fingerprint density at radius 3 is 2.89 bits per heavy atom. The summed E-state index contributed by atoms with van der Waals surface area (Å²) in [4.78, 5) is 6.21. The highest BCUT2D eigenvalue weighted by Gasteiger charge is 2.16. The van der Waals surface area contributed by atoms with Crippen LogP contribution in [0, 0.1) is 0 Å². The minimum absolute atomic E-state index is 0. The summed E-state index contributed by atoms with van der Waals surface area (Å²) in [6.45, 7) is 2.12. The molecule has 0 bridgehead atoms. The molecule has 2 rings (SSSR count). The SMILES string of the molecule is Cl.O/N=C/C1=NCCN1Cc1ccc(Cl)cc1Cl. The molecule has 0 unspecified atom stereocenters. The molecule has 0 saturated heterocycles. The summed E-state index contributed by atoms with van der Waals surface area (Å²) in [5.74, 6) is 0.665. The maximum absolute atomic E-state index is 8.52. The number of hydrogen-bond donors (Lipinski definition) is 1. The Kier molecular flexibility index (Phi) is 5.72. The smallest absolute Gasteiger partial charge is 0.146 e. The molecule has 98 valence electrons. The molecule has 0 spiro atoms. The highest BCUT2D eigenvalue weighted by atomic mass is 35.5. The Labute approximate surface area is 121 Å². The van der Waals surface area contributed by atoms with Gasteiger partial charge in [0.2, 0.25) is 0 Å². The maximum atomic E-state index is 8.52. The Hall–Kier alpha value is -0.970. The van der Waals surface area contributed by atoms with E-state index < -0.39 is 0 Å². The third-order valence-electron chi connectivity index (χ3n) is 2.52. The number of oxime groups is 1. The van der Waals surface area contributed by atoms with Crippen molar-refractivity contribution in [2.75, 3.05) is 13.1 Å². The molecule has 1 aliphatic heterocycles. The molecular formula is C11H12Cl3N3O. The summed E-state index contributed by atoms with van der Waals surface area (Å²) >= 11 is 11.9. The summed E-state index contributed by atoms with van der Waals surface area (Å²) in [5.41, 5.74) is 0.969. The molecule has 0 radical (unpaired) electrons. The van der Waals surface area contributed by atoms with Gasteiger partial charge in [0.05, 0.1) is 6.54 Å². The Morgan fingerprint density at radius 2 is 2.22 bits per heavy atom. The molecule has 1 aliphatic rings. The zero-order chi connectivity index (χ0) is 12.3. The third kappa shape index (κ3) is 3.51. The van der Waals surface area contributed by atoms with Crippen molar-refractivity contribution in [2.45, 2.75) is 6.54 Å². The molecular weight excluding hydrogens is 296 g/mol. The number of rotatable bonds is 3. The number of aliphatic imine (C=N–C) groups is 1. The maximum Gasteiger partial charge on any atom is 0.146 e. The van der Waals surface area contributed by atoms with Gasteiger partial charge >= 0.3 is 0 Å². The van der Waals surface area contributed by atoms with Crippen LogP contribution in [0.3, 0.4) is 0 Å². The first-order valence-corrected chi connectivity index (χ1v) is 5.87. The molecule has 1 aromatic carbocycles. The van der Waals surface area contributed by atoms with Crippen LogP contribution >= 0.6 is 35.6 Å². The zero-order valence-corrected chi connectivity index (χ0v) is 11.7. The fourth-order valence-electron chi connectivity index (χ4n) is 1.69. The monoisotopic (exact) mass is 307 g/mol. The molecule has 0 saturated carbocycles. The first kappa shape index (κ1) is 15.1. The molecule has 1 heterocycles. The van der Waals surface area contributed by atoms with Crippen LogP contribution in [0.5, 0.6) is 0 Å². The van der Waals surface area contributed by atoms with Crippen LogP contribution < -0.4 is 0 Å². The van der Waals surface area contributed by atoms with Crippen molar-refractivity contribution >= 4 is 47.7 Å². The van der Waals surface area contributed by atoms with Crippen LogP contribution in [0.2, 0.25) is 10.0 Å². The van der Waals surface area contributed by atoms with Gasteiger partial charge in [-0.25, -0.2) is 0 Å². The lowest BCUT2D eigenvalue weighted by molar-refractivity contribution is 0.321. The topological polar surface area (TPSA) is 48.2 Å². The van der Waals surface area contributed by atoms with E-state index >= 15 is 0 Å². The third-order valence-corrected chi connectivity index (χ3v) is 3.10.